The Bertz CT molecular complexity index is 531. The molecule has 2 heterocycles. The van der Waals surface area contributed by atoms with Crippen LogP contribution in [0, 0.1) is 0 Å². The van der Waals surface area contributed by atoms with Crippen molar-refractivity contribution < 1.29 is 0 Å². The third-order valence-corrected chi connectivity index (χ3v) is 3.81. The van der Waals surface area contributed by atoms with Crippen molar-refractivity contribution in [2.75, 3.05) is 6.54 Å². The molecule has 2 aromatic rings. The minimum atomic E-state index is 0.0584. The van der Waals surface area contributed by atoms with Gasteiger partial charge in [0.15, 0.2) is 0 Å². The first kappa shape index (κ1) is 14.2. The molecule has 0 aliphatic carbocycles. The van der Waals surface area contributed by atoms with Gasteiger partial charge < -0.3 is 5.32 Å². The minimum Gasteiger partial charge on any atom is -0.304 e. The van der Waals surface area contributed by atoms with E-state index < -0.39 is 0 Å². The van der Waals surface area contributed by atoms with Gasteiger partial charge in [-0.2, -0.15) is 5.10 Å². The van der Waals surface area contributed by atoms with Crippen molar-refractivity contribution in [2.45, 2.75) is 26.3 Å². The Labute approximate surface area is 122 Å². The van der Waals surface area contributed by atoms with Gasteiger partial charge in [0, 0.05) is 13.2 Å². The van der Waals surface area contributed by atoms with Crippen molar-refractivity contribution in [2.24, 2.45) is 7.05 Å². The van der Waals surface area contributed by atoms with Crippen LogP contribution in [-0.2, 0) is 13.5 Å². The number of aryl methyl sites for hydroxylation is 2. The quantitative estimate of drug-likeness (QED) is 0.920. The van der Waals surface area contributed by atoms with Crippen LogP contribution in [0.5, 0.6) is 0 Å². The van der Waals surface area contributed by atoms with Crippen LogP contribution in [-0.4, -0.2) is 21.3 Å². The molecule has 0 spiro atoms. The molecule has 1 atom stereocenters. The summed E-state index contributed by atoms with van der Waals surface area (Å²) in [6.07, 6.45) is 4.65. The number of aromatic nitrogens is 3. The summed E-state index contributed by atoms with van der Waals surface area (Å²) in [7, 11) is 1.96. The molecule has 2 rings (SSSR count). The van der Waals surface area contributed by atoms with E-state index in [0.29, 0.717) is 0 Å². The van der Waals surface area contributed by atoms with Gasteiger partial charge in [-0.15, -0.1) is 0 Å². The van der Waals surface area contributed by atoms with Crippen molar-refractivity contribution in [1.82, 2.24) is 20.1 Å². The molecule has 5 heteroatoms. The molecule has 2 aromatic heterocycles. The zero-order valence-electron chi connectivity index (χ0n) is 11.5. The first-order chi connectivity index (χ1) is 9.19. The summed E-state index contributed by atoms with van der Waals surface area (Å²) in [6.45, 7) is 5.13. The molecule has 0 fully saturated rings. The molecule has 0 bridgehead atoms. The van der Waals surface area contributed by atoms with Crippen molar-refractivity contribution >= 4 is 15.9 Å². The number of nitrogens with zero attached hydrogens (tertiary/aromatic N) is 3. The summed E-state index contributed by atoms with van der Waals surface area (Å²) in [4.78, 5) is 4.58. The summed E-state index contributed by atoms with van der Waals surface area (Å²) >= 11 is 3.58. The molecule has 0 aromatic carbocycles. The van der Waals surface area contributed by atoms with Crippen molar-refractivity contribution in [3.05, 3.63) is 46.0 Å². The summed E-state index contributed by atoms with van der Waals surface area (Å²) in [6, 6.07) is 4.18. The highest BCUT2D eigenvalue weighted by molar-refractivity contribution is 9.10. The maximum atomic E-state index is 4.58. The largest absolute Gasteiger partial charge is 0.304 e. The molecule has 4 nitrogen and oxygen atoms in total. The van der Waals surface area contributed by atoms with E-state index in [1.54, 1.807) is 0 Å². The number of rotatable bonds is 5. The number of pyridine rings is 1. The van der Waals surface area contributed by atoms with Crippen molar-refractivity contribution in [3.8, 4) is 0 Å². The highest BCUT2D eigenvalue weighted by Crippen LogP contribution is 2.28. The smallest absolute Gasteiger partial charge is 0.0936 e. The lowest BCUT2D eigenvalue weighted by Crippen LogP contribution is -2.26. The number of hydrogen-bond acceptors (Lipinski definition) is 3. The molecule has 0 amide bonds. The van der Waals surface area contributed by atoms with Crippen LogP contribution in [0.15, 0.2) is 29.0 Å². The Hall–Kier alpha value is -1.20. The molecule has 0 radical (unpaired) electrons. The molecule has 102 valence electrons. The summed E-state index contributed by atoms with van der Waals surface area (Å²) in [5.74, 6) is 0. The number of hydrogen-bond donors (Lipinski definition) is 1. The maximum absolute atomic E-state index is 4.58. The lowest BCUT2D eigenvalue weighted by Gasteiger charge is -2.20. The Balaban J connectivity index is 2.51. The lowest BCUT2D eigenvalue weighted by molar-refractivity contribution is 0.556. The van der Waals surface area contributed by atoms with Gasteiger partial charge >= 0.3 is 0 Å². The van der Waals surface area contributed by atoms with Gasteiger partial charge in [-0.3, -0.25) is 9.67 Å². The van der Waals surface area contributed by atoms with Gasteiger partial charge in [-0.05, 0) is 40.5 Å². The SMILES string of the molecule is CCNC(c1ncccc1CC)c1c(Br)cnn1C. The highest BCUT2D eigenvalue weighted by Gasteiger charge is 2.22. The van der Waals surface area contributed by atoms with E-state index in [4.69, 9.17) is 0 Å². The Morgan fingerprint density at radius 2 is 2.21 bits per heavy atom. The van der Waals surface area contributed by atoms with E-state index in [2.05, 4.69) is 51.2 Å². The van der Waals surface area contributed by atoms with Crippen LogP contribution in [0.3, 0.4) is 0 Å². The predicted octanol–water partition coefficient (Wildman–Crippen LogP) is 2.84. The zero-order valence-corrected chi connectivity index (χ0v) is 13.1. The Kier molecular flexibility index (Phi) is 4.71. The molecule has 1 unspecified atom stereocenters. The molecule has 1 N–H and O–H groups in total. The third-order valence-electron chi connectivity index (χ3n) is 3.20. The van der Waals surface area contributed by atoms with Gasteiger partial charge in [-0.1, -0.05) is 19.9 Å². The van der Waals surface area contributed by atoms with Crippen molar-refractivity contribution in [3.63, 3.8) is 0 Å². The fourth-order valence-corrected chi connectivity index (χ4v) is 2.86. The minimum absolute atomic E-state index is 0.0584. The molecular formula is C14H19BrN4. The van der Waals surface area contributed by atoms with E-state index in [9.17, 15) is 0 Å². The number of nitrogens with one attached hydrogen (secondary N) is 1. The second kappa shape index (κ2) is 6.30. The van der Waals surface area contributed by atoms with E-state index in [1.165, 1.54) is 5.56 Å². The van der Waals surface area contributed by atoms with Crippen LogP contribution < -0.4 is 5.32 Å². The van der Waals surface area contributed by atoms with Crippen LogP contribution in [0.2, 0.25) is 0 Å². The van der Waals surface area contributed by atoms with Crippen molar-refractivity contribution in [1.29, 1.82) is 0 Å². The first-order valence-corrected chi connectivity index (χ1v) is 7.32. The predicted molar refractivity (Wildman–Crippen MR) is 80.0 cm³/mol. The summed E-state index contributed by atoms with van der Waals surface area (Å²) < 4.78 is 2.90. The summed E-state index contributed by atoms with van der Waals surface area (Å²) in [5, 5.41) is 7.81. The highest BCUT2D eigenvalue weighted by atomic mass is 79.9. The van der Waals surface area contributed by atoms with Crippen LogP contribution in [0.4, 0.5) is 0 Å². The fraction of sp³-hybridized carbons (Fsp3) is 0.429. The second-order valence-corrected chi connectivity index (χ2v) is 5.25. The molecular weight excluding hydrogens is 304 g/mol. The standard InChI is InChI=1S/C14H19BrN4/c1-4-10-7-6-8-17-12(10)13(16-5-2)14-11(15)9-18-19(14)3/h6-9,13,16H,4-5H2,1-3H3. The molecule has 0 saturated carbocycles. The van der Waals surface area contributed by atoms with Crippen LogP contribution >= 0.6 is 15.9 Å². The average Bonchev–Trinajstić information content (AvgIpc) is 2.76. The van der Waals surface area contributed by atoms with E-state index in [1.807, 2.05) is 30.2 Å². The first-order valence-electron chi connectivity index (χ1n) is 6.53. The van der Waals surface area contributed by atoms with Gasteiger partial charge in [0.05, 0.1) is 28.1 Å². The van der Waals surface area contributed by atoms with E-state index in [-0.39, 0.29) is 6.04 Å². The molecule has 19 heavy (non-hydrogen) atoms. The lowest BCUT2D eigenvalue weighted by atomic mass is 10.0. The van der Waals surface area contributed by atoms with E-state index >= 15 is 0 Å². The monoisotopic (exact) mass is 322 g/mol. The van der Waals surface area contributed by atoms with E-state index in [0.717, 1.165) is 28.8 Å². The molecule has 0 aliphatic heterocycles. The van der Waals surface area contributed by atoms with Gasteiger partial charge in [-0.25, -0.2) is 0 Å². The Morgan fingerprint density at radius 3 is 2.79 bits per heavy atom. The van der Waals surface area contributed by atoms with Gasteiger partial charge in [0.2, 0.25) is 0 Å². The molecule has 0 aliphatic rings. The second-order valence-electron chi connectivity index (χ2n) is 4.39. The summed E-state index contributed by atoms with van der Waals surface area (Å²) in [5.41, 5.74) is 3.45. The normalized spacial score (nSPS) is 12.6. The van der Waals surface area contributed by atoms with Gasteiger partial charge in [0.25, 0.3) is 0 Å². The number of halogens is 1. The maximum Gasteiger partial charge on any atom is 0.0936 e. The third kappa shape index (κ3) is 2.87. The fourth-order valence-electron chi connectivity index (χ4n) is 2.28. The Morgan fingerprint density at radius 1 is 1.42 bits per heavy atom. The van der Waals surface area contributed by atoms with Gasteiger partial charge in [0.1, 0.15) is 0 Å². The topological polar surface area (TPSA) is 42.7 Å². The van der Waals surface area contributed by atoms with Crippen LogP contribution in [0.25, 0.3) is 0 Å². The zero-order chi connectivity index (χ0) is 13.8. The average molecular weight is 323 g/mol. The van der Waals surface area contributed by atoms with Crippen LogP contribution in [0.1, 0.15) is 36.8 Å². The molecule has 0 saturated heterocycles.